The number of para-hydroxylation sites is 1. The molecule has 32 heavy (non-hydrogen) atoms. The number of anilines is 1. The molecule has 7 nitrogen and oxygen atoms in total. The van der Waals surface area contributed by atoms with E-state index in [0.29, 0.717) is 17.5 Å². The largest absolute Gasteiger partial charge is 0.416 e. The number of carbonyl (C=O) groups is 1. The smallest absolute Gasteiger partial charge is 0.277 e. The van der Waals surface area contributed by atoms with Crippen molar-refractivity contribution in [3.8, 4) is 0 Å². The number of aryl methyl sites for hydroxylation is 3. The van der Waals surface area contributed by atoms with Gasteiger partial charge in [-0.1, -0.05) is 30.0 Å². The number of hydrogen-bond acceptors (Lipinski definition) is 8. The zero-order chi connectivity index (χ0) is 21.9. The Kier molecular flexibility index (Phi) is 5.83. The molecule has 3 heterocycles. The summed E-state index contributed by atoms with van der Waals surface area (Å²) in [5, 5.41) is 13.4. The summed E-state index contributed by atoms with van der Waals surface area (Å²) in [7, 11) is 0. The van der Waals surface area contributed by atoms with Crippen LogP contribution in [0.5, 0.6) is 0 Å². The SMILES string of the molecule is Cc1ccc2c(NC(=O)CSc3nnc(CCc4nc5ccccc5s4)o3)cccc2n1. The minimum atomic E-state index is -0.141. The Morgan fingerprint density at radius 3 is 2.78 bits per heavy atom. The summed E-state index contributed by atoms with van der Waals surface area (Å²) in [5.74, 6) is 0.579. The first-order valence-corrected chi connectivity index (χ1v) is 11.9. The molecule has 160 valence electrons. The van der Waals surface area contributed by atoms with Crippen molar-refractivity contribution in [3.63, 3.8) is 0 Å². The van der Waals surface area contributed by atoms with Crippen LogP contribution in [0, 0.1) is 6.92 Å². The molecule has 0 bridgehead atoms. The lowest BCUT2D eigenvalue weighted by Gasteiger charge is -2.08. The summed E-state index contributed by atoms with van der Waals surface area (Å²) < 4.78 is 6.86. The molecule has 9 heteroatoms. The van der Waals surface area contributed by atoms with Gasteiger partial charge in [0.15, 0.2) is 0 Å². The molecule has 5 aromatic rings. The first-order chi connectivity index (χ1) is 15.6. The lowest BCUT2D eigenvalue weighted by atomic mass is 10.1. The summed E-state index contributed by atoms with van der Waals surface area (Å²) >= 11 is 2.90. The molecule has 2 aromatic carbocycles. The maximum Gasteiger partial charge on any atom is 0.277 e. The average molecular weight is 462 g/mol. The van der Waals surface area contributed by atoms with E-state index in [1.165, 1.54) is 16.5 Å². The molecule has 0 aliphatic carbocycles. The molecular formula is C23H19N5O2S2. The highest BCUT2D eigenvalue weighted by atomic mass is 32.2. The van der Waals surface area contributed by atoms with Gasteiger partial charge in [0.2, 0.25) is 11.8 Å². The second-order valence-electron chi connectivity index (χ2n) is 7.20. The van der Waals surface area contributed by atoms with Crippen LogP contribution < -0.4 is 5.32 Å². The fourth-order valence-electron chi connectivity index (χ4n) is 3.32. The van der Waals surface area contributed by atoms with Crippen LogP contribution in [-0.2, 0) is 17.6 Å². The topological polar surface area (TPSA) is 93.8 Å². The van der Waals surface area contributed by atoms with Gasteiger partial charge in [0.25, 0.3) is 5.22 Å². The molecule has 1 amide bonds. The number of hydrogen-bond donors (Lipinski definition) is 1. The van der Waals surface area contributed by atoms with Crippen LogP contribution in [-0.4, -0.2) is 31.8 Å². The van der Waals surface area contributed by atoms with Crippen molar-refractivity contribution in [2.45, 2.75) is 25.0 Å². The van der Waals surface area contributed by atoms with Crippen molar-refractivity contribution in [3.05, 3.63) is 71.2 Å². The number of benzene rings is 2. The average Bonchev–Trinajstić information content (AvgIpc) is 3.42. The number of pyridine rings is 1. The Bertz CT molecular complexity index is 1380. The van der Waals surface area contributed by atoms with E-state index in [-0.39, 0.29) is 11.7 Å². The summed E-state index contributed by atoms with van der Waals surface area (Å²) in [6.07, 6.45) is 1.35. The first-order valence-electron chi connectivity index (χ1n) is 10.1. The molecule has 0 saturated heterocycles. The van der Waals surface area contributed by atoms with Crippen molar-refractivity contribution in [1.82, 2.24) is 20.2 Å². The Morgan fingerprint density at radius 1 is 1.00 bits per heavy atom. The number of carbonyl (C=O) groups excluding carboxylic acids is 1. The van der Waals surface area contributed by atoms with Crippen LogP contribution >= 0.6 is 23.1 Å². The number of fused-ring (bicyclic) bond motifs is 2. The van der Waals surface area contributed by atoms with Crippen molar-refractivity contribution in [1.29, 1.82) is 0 Å². The zero-order valence-electron chi connectivity index (χ0n) is 17.2. The van der Waals surface area contributed by atoms with Crippen LogP contribution in [0.25, 0.3) is 21.1 Å². The number of nitrogens with zero attached hydrogens (tertiary/aromatic N) is 4. The zero-order valence-corrected chi connectivity index (χ0v) is 18.9. The van der Waals surface area contributed by atoms with Crippen molar-refractivity contribution >= 4 is 55.8 Å². The molecule has 5 rings (SSSR count). The van der Waals surface area contributed by atoms with Gasteiger partial charge in [0, 0.05) is 23.9 Å². The van der Waals surface area contributed by atoms with E-state index in [9.17, 15) is 4.79 Å². The number of rotatable bonds is 7. The fraction of sp³-hybridized carbons (Fsp3) is 0.174. The van der Waals surface area contributed by atoms with Gasteiger partial charge in [-0.05, 0) is 43.3 Å². The van der Waals surface area contributed by atoms with Crippen LogP contribution in [0.15, 0.2) is 64.2 Å². The first kappa shape index (κ1) is 20.6. The lowest BCUT2D eigenvalue weighted by molar-refractivity contribution is -0.113. The second-order valence-corrected chi connectivity index (χ2v) is 9.24. The molecule has 1 N–H and O–H groups in total. The Balaban J connectivity index is 1.16. The third-order valence-electron chi connectivity index (χ3n) is 4.81. The van der Waals surface area contributed by atoms with Gasteiger partial charge >= 0.3 is 0 Å². The van der Waals surface area contributed by atoms with E-state index in [1.807, 2.05) is 55.5 Å². The van der Waals surface area contributed by atoms with E-state index >= 15 is 0 Å². The minimum Gasteiger partial charge on any atom is -0.416 e. The number of aromatic nitrogens is 4. The number of thiazole rings is 1. The third kappa shape index (κ3) is 4.63. The van der Waals surface area contributed by atoms with Crippen LogP contribution in [0.1, 0.15) is 16.6 Å². The normalized spacial score (nSPS) is 11.3. The van der Waals surface area contributed by atoms with E-state index in [0.717, 1.165) is 39.2 Å². The lowest BCUT2D eigenvalue weighted by Crippen LogP contribution is -2.14. The second kappa shape index (κ2) is 9.05. The highest BCUT2D eigenvalue weighted by Crippen LogP contribution is 2.25. The van der Waals surface area contributed by atoms with E-state index in [2.05, 4.69) is 31.5 Å². The highest BCUT2D eigenvalue weighted by molar-refractivity contribution is 7.99. The van der Waals surface area contributed by atoms with Gasteiger partial charge in [0.05, 0.1) is 32.2 Å². The Hall–Kier alpha value is -3.30. The van der Waals surface area contributed by atoms with Crippen LogP contribution in [0.3, 0.4) is 0 Å². The standard InChI is InChI=1S/C23H19N5O2S2/c1-14-9-10-15-16(24-14)6-4-7-17(15)25-20(29)13-31-23-28-27-21(30-23)11-12-22-26-18-5-2-3-8-19(18)32-22/h2-10H,11-13H2,1H3,(H,25,29). The van der Waals surface area contributed by atoms with Gasteiger partial charge in [-0.15, -0.1) is 21.5 Å². The van der Waals surface area contributed by atoms with Crippen molar-refractivity contribution in [2.75, 3.05) is 11.1 Å². The predicted molar refractivity (Wildman–Crippen MR) is 127 cm³/mol. The molecule has 0 unspecified atom stereocenters. The quantitative estimate of drug-likeness (QED) is 0.339. The molecule has 0 spiro atoms. The summed E-state index contributed by atoms with van der Waals surface area (Å²) in [5.41, 5.74) is 3.54. The number of amides is 1. The minimum absolute atomic E-state index is 0.141. The number of nitrogens with one attached hydrogen (secondary N) is 1. The molecule has 0 aliphatic rings. The van der Waals surface area contributed by atoms with Crippen molar-refractivity contribution in [2.24, 2.45) is 0 Å². The molecule has 3 aromatic heterocycles. The summed E-state index contributed by atoms with van der Waals surface area (Å²) in [4.78, 5) is 21.6. The van der Waals surface area contributed by atoms with Crippen LogP contribution in [0.4, 0.5) is 5.69 Å². The van der Waals surface area contributed by atoms with Crippen LogP contribution in [0.2, 0.25) is 0 Å². The maximum absolute atomic E-state index is 12.5. The monoisotopic (exact) mass is 461 g/mol. The molecule has 0 radical (unpaired) electrons. The summed E-state index contributed by atoms with van der Waals surface area (Å²) in [6.45, 7) is 1.94. The molecule has 0 aliphatic heterocycles. The molecule has 0 atom stereocenters. The van der Waals surface area contributed by atoms with Gasteiger partial charge in [-0.2, -0.15) is 0 Å². The van der Waals surface area contributed by atoms with Gasteiger partial charge in [0.1, 0.15) is 0 Å². The van der Waals surface area contributed by atoms with E-state index in [1.54, 1.807) is 11.3 Å². The number of thioether (sulfide) groups is 1. The van der Waals surface area contributed by atoms with Crippen molar-refractivity contribution < 1.29 is 9.21 Å². The maximum atomic E-state index is 12.5. The predicted octanol–water partition coefficient (Wildman–Crippen LogP) is 5.05. The van der Waals surface area contributed by atoms with Gasteiger partial charge in [-0.25, -0.2) is 4.98 Å². The summed E-state index contributed by atoms with van der Waals surface area (Å²) in [6, 6.07) is 17.7. The Labute approximate surface area is 192 Å². The molecule has 0 fully saturated rings. The third-order valence-corrected chi connectivity index (χ3v) is 6.73. The highest BCUT2D eigenvalue weighted by Gasteiger charge is 2.12. The Morgan fingerprint density at radius 2 is 1.88 bits per heavy atom. The van der Waals surface area contributed by atoms with Gasteiger partial charge < -0.3 is 9.73 Å². The van der Waals surface area contributed by atoms with E-state index in [4.69, 9.17) is 4.42 Å². The molecular weight excluding hydrogens is 442 g/mol. The van der Waals surface area contributed by atoms with E-state index < -0.39 is 0 Å². The molecule has 0 saturated carbocycles. The fourth-order valence-corrected chi connectivity index (χ4v) is 4.86. The van der Waals surface area contributed by atoms with Gasteiger partial charge in [-0.3, -0.25) is 9.78 Å².